The monoisotopic (exact) mass is 333 g/mol. The van der Waals surface area contributed by atoms with E-state index in [0.717, 1.165) is 22.0 Å². The number of nitrogens with zero attached hydrogens (tertiary/aromatic N) is 1. The summed E-state index contributed by atoms with van der Waals surface area (Å²) in [6.45, 7) is 0.435. The lowest BCUT2D eigenvalue weighted by Gasteiger charge is -2.20. The fourth-order valence-electron chi connectivity index (χ4n) is 1.91. The molecule has 0 fully saturated rings. The van der Waals surface area contributed by atoms with Gasteiger partial charge in [-0.3, -0.25) is 4.79 Å². The molecule has 2 aromatic carbocycles. The standard InChI is InChI=1S/C16H16BrNO2/c1-18(2)15-9-14(17)8-13(10-19)16(15)20-11-12-6-4-3-5-7-12/h3-10H,11H2,1-2H3. The van der Waals surface area contributed by atoms with Crippen molar-refractivity contribution >= 4 is 27.9 Å². The Bertz CT molecular complexity index is 597. The lowest BCUT2D eigenvalue weighted by Crippen LogP contribution is -2.12. The normalized spacial score (nSPS) is 10.2. The summed E-state index contributed by atoms with van der Waals surface area (Å²) in [5.41, 5.74) is 2.48. The molecule has 0 amide bonds. The van der Waals surface area contributed by atoms with Gasteiger partial charge in [-0.25, -0.2) is 0 Å². The van der Waals surface area contributed by atoms with E-state index in [0.29, 0.717) is 17.9 Å². The highest BCUT2D eigenvalue weighted by Crippen LogP contribution is 2.34. The van der Waals surface area contributed by atoms with E-state index >= 15 is 0 Å². The highest BCUT2D eigenvalue weighted by atomic mass is 79.9. The first-order valence-electron chi connectivity index (χ1n) is 6.24. The third kappa shape index (κ3) is 3.39. The number of anilines is 1. The number of rotatable bonds is 5. The molecule has 3 nitrogen and oxygen atoms in total. The molecule has 2 aromatic rings. The van der Waals surface area contributed by atoms with E-state index in [4.69, 9.17) is 4.74 Å². The maximum absolute atomic E-state index is 11.2. The molecule has 2 rings (SSSR count). The van der Waals surface area contributed by atoms with E-state index < -0.39 is 0 Å². The van der Waals surface area contributed by atoms with E-state index in [1.807, 2.05) is 55.4 Å². The Balaban J connectivity index is 2.32. The lowest BCUT2D eigenvalue weighted by atomic mass is 10.1. The van der Waals surface area contributed by atoms with Crippen molar-refractivity contribution in [2.45, 2.75) is 6.61 Å². The van der Waals surface area contributed by atoms with Crippen LogP contribution in [-0.4, -0.2) is 20.4 Å². The Labute approximate surface area is 127 Å². The number of carbonyl (C=O) groups is 1. The van der Waals surface area contributed by atoms with Crippen LogP contribution in [-0.2, 0) is 6.61 Å². The average Bonchev–Trinajstić information content (AvgIpc) is 2.46. The molecular weight excluding hydrogens is 318 g/mol. The van der Waals surface area contributed by atoms with Gasteiger partial charge in [-0.15, -0.1) is 0 Å². The predicted molar refractivity (Wildman–Crippen MR) is 84.6 cm³/mol. The van der Waals surface area contributed by atoms with Crippen LogP contribution in [0.25, 0.3) is 0 Å². The Morgan fingerprint density at radius 1 is 1.20 bits per heavy atom. The van der Waals surface area contributed by atoms with Crippen LogP contribution in [0.5, 0.6) is 5.75 Å². The van der Waals surface area contributed by atoms with Crippen molar-refractivity contribution in [3.8, 4) is 5.75 Å². The number of halogens is 1. The van der Waals surface area contributed by atoms with Gasteiger partial charge in [0.25, 0.3) is 0 Å². The number of aldehydes is 1. The first kappa shape index (κ1) is 14.6. The minimum Gasteiger partial charge on any atom is -0.486 e. The van der Waals surface area contributed by atoms with E-state index in [1.54, 1.807) is 6.07 Å². The molecule has 0 atom stereocenters. The summed E-state index contributed by atoms with van der Waals surface area (Å²) in [5, 5.41) is 0. The Morgan fingerprint density at radius 2 is 1.90 bits per heavy atom. The van der Waals surface area contributed by atoms with Crippen molar-refractivity contribution < 1.29 is 9.53 Å². The minimum absolute atomic E-state index is 0.435. The van der Waals surface area contributed by atoms with E-state index in [-0.39, 0.29) is 0 Å². The van der Waals surface area contributed by atoms with Crippen molar-refractivity contribution in [2.24, 2.45) is 0 Å². The second kappa shape index (κ2) is 6.57. The van der Waals surface area contributed by atoms with Gasteiger partial charge >= 0.3 is 0 Å². The maximum Gasteiger partial charge on any atom is 0.153 e. The molecule has 0 unspecified atom stereocenters. The third-order valence-electron chi connectivity index (χ3n) is 2.90. The molecule has 0 aromatic heterocycles. The van der Waals surface area contributed by atoms with Gasteiger partial charge in [-0.1, -0.05) is 46.3 Å². The summed E-state index contributed by atoms with van der Waals surface area (Å²) in [6.07, 6.45) is 0.818. The van der Waals surface area contributed by atoms with Crippen LogP contribution in [0, 0.1) is 0 Å². The lowest BCUT2D eigenvalue weighted by molar-refractivity contribution is 0.111. The first-order chi connectivity index (χ1) is 9.61. The molecule has 0 saturated heterocycles. The molecule has 0 aliphatic rings. The molecule has 0 spiro atoms. The van der Waals surface area contributed by atoms with Gasteiger partial charge in [0.05, 0.1) is 11.3 Å². The molecule has 0 saturated carbocycles. The number of carbonyl (C=O) groups excluding carboxylic acids is 1. The van der Waals surface area contributed by atoms with Gasteiger partial charge in [0, 0.05) is 18.6 Å². The van der Waals surface area contributed by atoms with Crippen LogP contribution in [0.2, 0.25) is 0 Å². The van der Waals surface area contributed by atoms with Gasteiger partial charge in [0.2, 0.25) is 0 Å². The minimum atomic E-state index is 0.435. The number of ether oxygens (including phenoxy) is 1. The summed E-state index contributed by atoms with van der Waals surface area (Å²) >= 11 is 3.41. The summed E-state index contributed by atoms with van der Waals surface area (Å²) in [6, 6.07) is 13.6. The highest BCUT2D eigenvalue weighted by Gasteiger charge is 2.13. The van der Waals surface area contributed by atoms with Crippen molar-refractivity contribution in [3.63, 3.8) is 0 Å². The molecule has 0 N–H and O–H groups in total. The van der Waals surface area contributed by atoms with E-state index in [2.05, 4.69) is 15.9 Å². The molecule has 0 aliphatic carbocycles. The largest absolute Gasteiger partial charge is 0.486 e. The number of hydrogen-bond donors (Lipinski definition) is 0. The van der Waals surface area contributed by atoms with Crippen LogP contribution >= 0.6 is 15.9 Å². The highest BCUT2D eigenvalue weighted by molar-refractivity contribution is 9.10. The summed E-state index contributed by atoms with van der Waals surface area (Å²) in [7, 11) is 3.84. The van der Waals surface area contributed by atoms with Crippen LogP contribution in [0.15, 0.2) is 46.9 Å². The molecule has 104 valence electrons. The van der Waals surface area contributed by atoms with Gasteiger partial charge < -0.3 is 9.64 Å². The average molecular weight is 334 g/mol. The zero-order valence-corrected chi connectivity index (χ0v) is 13.1. The summed E-state index contributed by atoms with van der Waals surface area (Å²) < 4.78 is 6.72. The fraction of sp³-hybridized carbons (Fsp3) is 0.188. The molecule has 0 bridgehead atoms. The second-order valence-electron chi connectivity index (χ2n) is 4.63. The van der Waals surface area contributed by atoms with Crippen molar-refractivity contribution in [2.75, 3.05) is 19.0 Å². The second-order valence-corrected chi connectivity index (χ2v) is 5.55. The SMILES string of the molecule is CN(C)c1cc(Br)cc(C=O)c1OCc1ccccc1. The van der Waals surface area contributed by atoms with E-state index in [1.165, 1.54) is 0 Å². The fourth-order valence-corrected chi connectivity index (χ4v) is 2.37. The zero-order chi connectivity index (χ0) is 14.5. The topological polar surface area (TPSA) is 29.5 Å². The van der Waals surface area contributed by atoms with Crippen LogP contribution in [0.3, 0.4) is 0 Å². The summed E-state index contributed by atoms with van der Waals surface area (Å²) in [5.74, 6) is 0.608. The predicted octanol–water partition coefficient (Wildman–Crippen LogP) is 3.91. The van der Waals surface area contributed by atoms with Crippen LogP contribution in [0.4, 0.5) is 5.69 Å². The van der Waals surface area contributed by atoms with Gasteiger partial charge in [0.1, 0.15) is 6.61 Å². The van der Waals surface area contributed by atoms with Crippen molar-refractivity contribution in [1.29, 1.82) is 0 Å². The molecule has 0 aliphatic heterocycles. The van der Waals surface area contributed by atoms with Crippen LogP contribution < -0.4 is 9.64 Å². The molecule has 0 radical (unpaired) electrons. The Hall–Kier alpha value is -1.81. The number of benzene rings is 2. The molecule has 20 heavy (non-hydrogen) atoms. The Kier molecular flexibility index (Phi) is 4.79. The van der Waals surface area contributed by atoms with Crippen molar-refractivity contribution in [3.05, 3.63) is 58.1 Å². The summed E-state index contributed by atoms with van der Waals surface area (Å²) in [4.78, 5) is 13.2. The van der Waals surface area contributed by atoms with Crippen molar-refractivity contribution in [1.82, 2.24) is 0 Å². The maximum atomic E-state index is 11.2. The van der Waals surface area contributed by atoms with Gasteiger partial charge in [-0.2, -0.15) is 0 Å². The molecular formula is C16H16BrNO2. The third-order valence-corrected chi connectivity index (χ3v) is 3.36. The zero-order valence-electron chi connectivity index (χ0n) is 11.5. The van der Waals surface area contributed by atoms with Gasteiger partial charge in [0.15, 0.2) is 12.0 Å². The smallest absolute Gasteiger partial charge is 0.153 e. The van der Waals surface area contributed by atoms with Crippen LogP contribution in [0.1, 0.15) is 15.9 Å². The van der Waals surface area contributed by atoms with E-state index in [9.17, 15) is 4.79 Å². The Morgan fingerprint density at radius 3 is 2.50 bits per heavy atom. The quantitative estimate of drug-likeness (QED) is 0.777. The molecule has 4 heteroatoms. The first-order valence-corrected chi connectivity index (χ1v) is 7.04. The van der Waals surface area contributed by atoms with Gasteiger partial charge in [-0.05, 0) is 17.7 Å². The molecule has 0 heterocycles. The number of hydrogen-bond acceptors (Lipinski definition) is 3.